The Bertz CT molecular complexity index is 448. The molecule has 0 aromatic heterocycles. The van der Waals surface area contributed by atoms with Crippen LogP contribution in [0.1, 0.15) is 5.56 Å². The minimum absolute atomic E-state index is 0.149. The first kappa shape index (κ1) is 17.8. The minimum Gasteiger partial charge on any atom is -0.493 e. The Labute approximate surface area is 128 Å². The van der Waals surface area contributed by atoms with Gasteiger partial charge in [0, 0.05) is 11.8 Å². The van der Waals surface area contributed by atoms with Gasteiger partial charge in [-0.05, 0) is 17.7 Å². The van der Waals surface area contributed by atoms with Crippen molar-refractivity contribution in [3.8, 4) is 5.75 Å². The molecule has 0 fully saturated rings. The van der Waals surface area contributed by atoms with E-state index in [9.17, 15) is 18.0 Å². The maximum absolute atomic E-state index is 12.1. The van der Waals surface area contributed by atoms with Crippen molar-refractivity contribution in [1.82, 2.24) is 0 Å². The molecule has 4 nitrogen and oxygen atoms in total. The van der Waals surface area contributed by atoms with Gasteiger partial charge in [-0.3, -0.25) is 0 Å². The Morgan fingerprint density at radius 2 is 1.90 bits per heavy atom. The highest BCUT2D eigenvalue weighted by atomic mass is 79.9. The Kier molecular flexibility index (Phi) is 6.97. The van der Waals surface area contributed by atoms with Crippen LogP contribution in [0.25, 0.3) is 0 Å². The Hall–Kier alpha value is -1.28. The van der Waals surface area contributed by atoms with Gasteiger partial charge >= 0.3 is 12.1 Å². The lowest BCUT2D eigenvalue weighted by atomic mass is 10.1. The molecular weight excluding hydrogens is 357 g/mol. The van der Waals surface area contributed by atoms with Crippen molar-refractivity contribution in [1.29, 1.82) is 0 Å². The first-order valence-electron chi connectivity index (χ1n) is 6.00. The molecule has 1 aromatic rings. The zero-order valence-corrected chi connectivity index (χ0v) is 12.5. The average Bonchev–Trinajstić information content (AvgIpc) is 2.41. The van der Waals surface area contributed by atoms with E-state index >= 15 is 0 Å². The lowest BCUT2D eigenvalue weighted by molar-refractivity contribution is -0.192. The zero-order valence-electron chi connectivity index (χ0n) is 10.9. The van der Waals surface area contributed by atoms with Gasteiger partial charge in [0.2, 0.25) is 0 Å². The molecule has 118 valence electrons. The van der Waals surface area contributed by atoms with Crippen LogP contribution in [0.15, 0.2) is 24.3 Å². The Morgan fingerprint density at radius 3 is 2.38 bits per heavy atom. The summed E-state index contributed by atoms with van der Waals surface area (Å²) >= 11 is 3.20. The summed E-state index contributed by atoms with van der Waals surface area (Å²) in [6, 6.07) is 6.44. The van der Waals surface area contributed by atoms with Crippen molar-refractivity contribution in [2.75, 3.05) is 18.5 Å². The summed E-state index contributed by atoms with van der Waals surface area (Å²) in [5.41, 5.74) is 0.552. The SMILES string of the molecule is O=C(O)[C@H](Cc1ccc(OCCBr)cc1)OCC(F)(F)F. The molecule has 1 atom stereocenters. The van der Waals surface area contributed by atoms with E-state index in [0.29, 0.717) is 23.2 Å². The minimum atomic E-state index is -4.55. The molecule has 0 heterocycles. The summed E-state index contributed by atoms with van der Waals surface area (Å²) in [7, 11) is 0. The molecule has 21 heavy (non-hydrogen) atoms. The molecule has 0 amide bonds. The number of alkyl halides is 4. The normalized spacial score (nSPS) is 13.0. The fourth-order valence-corrected chi connectivity index (χ4v) is 1.67. The number of halogens is 4. The number of aliphatic carboxylic acids is 1. The fraction of sp³-hybridized carbons (Fsp3) is 0.462. The number of hydrogen-bond acceptors (Lipinski definition) is 3. The van der Waals surface area contributed by atoms with Crippen LogP contribution in [0, 0.1) is 0 Å². The maximum Gasteiger partial charge on any atom is 0.411 e. The molecule has 1 N–H and O–H groups in total. The standard InChI is InChI=1S/C13H14BrF3O4/c14-5-6-20-10-3-1-9(2-4-10)7-11(12(18)19)21-8-13(15,16)17/h1-4,11H,5-8H2,(H,18,19)/t11-/m0/s1. The number of carbonyl (C=O) groups is 1. The molecule has 1 aromatic carbocycles. The molecule has 1 rings (SSSR count). The van der Waals surface area contributed by atoms with Crippen LogP contribution in [0.2, 0.25) is 0 Å². The molecule has 0 saturated heterocycles. The van der Waals surface area contributed by atoms with E-state index in [1.165, 1.54) is 0 Å². The monoisotopic (exact) mass is 370 g/mol. The van der Waals surface area contributed by atoms with E-state index in [1.807, 2.05) is 0 Å². The third-order valence-corrected chi connectivity index (χ3v) is 2.74. The number of benzene rings is 1. The molecule has 0 aliphatic carbocycles. The molecule has 0 spiro atoms. The Morgan fingerprint density at radius 1 is 1.29 bits per heavy atom. The van der Waals surface area contributed by atoms with Crippen LogP contribution in [-0.4, -0.2) is 41.9 Å². The first-order chi connectivity index (χ1) is 9.81. The van der Waals surface area contributed by atoms with Gasteiger partial charge in [-0.25, -0.2) is 4.79 Å². The molecule has 0 radical (unpaired) electrons. The molecule has 0 unspecified atom stereocenters. The van der Waals surface area contributed by atoms with Crippen molar-refractivity contribution in [2.24, 2.45) is 0 Å². The summed E-state index contributed by atoms with van der Waals surface area (Å²) in [5, 5.41) is 9.55. The number of ether oxygens (including phenoxy) is 2. The van der Waals surface area contributed by atoms with Crippen molar-refractivity contribution in [3.05, 3.63) is 29.8 Å². The fourth-order valence-electron chi connectivity index (χ4n) is 1.50. The zero-order chi connectivity index (χ0) is 15.9. The van der Waals surface area contributed by atoms with E-state index in [2.05, 4.69) is 20.7 Å². The van der Waals surface area contributed by atoms with Gasteiger partial charge < -0.3 is 14.6 Å². The summed E-state index contributed by atoms with van der Waals surface area (Å²) in [6.45, 7) is -1.11. The third kappa shape index (κ3) is 7.33. The van der Waals surface area contributed by atoms with Crippen LogP contribution >= 0.6 is 15.9 Å². The van der Waals surface area contributed by atoms with Crippen LogP contribution in [-0.2, 0) is 16.0 Å². The molecule has 8 heteroatoms. The summed E-state index contributed by atoms with van der Waals surface area (Å²) in [4.78, 5) is 10.9. The molecule has 0 saturated carbocycles. The first-order valence-corrected chi connectivity index (χ1v) is 7.13. The van der Waals surface area contributed by atoms with Crippen LogP contribution in [0.4, 0.5) is 13.2 Å². The lowest BCUT2D eigenvalue weighted by Gasteiger charge is -2.15. The van der Waals surface area contributed by atoms with Gasteiger partial charge in [0.25, 0.3) is 0 Å². The highest BCUT2D eigenvalue weighted by Gasteiger charge is 2.31. The molecule has 0 bridgehead atoms. The number of carboxylic acids is 1. The van der Waals surface area contributed by atoms with Gasteiger partial charge in [-0.2, -0.15) is 13.2 Å². The quantitative estimate of drug-likeness (QED) is 0.714. The van der Waals surface area contributed by atoms with Gasteiger partial charge in [-0.15, -0.1) is 0 Å². The smallest absolute Gasteiger partial charge is 0.411 e. The van der Waals surface area contributed by atoms with Gasteiger partial charge in [0.1, 0.15) is 12.4 Å². The van der Waals surface area contributed by atoms with Crippen molar-refractivity contribution >= 4 is 21.9 Å². The third-order valence-electron chi connectivity index (χ3n) is 2.41. The number of hydrogen-bond donors (Lipinski definition) is 1. The lowest BCUT2D eigenvalue weighted by Crippen LogP contribution is -2.31. The summed E-state index contributed by atoms with van der Waals surface area (Å²) in [6.07, 6.45) is -6.24. The summed E-state index contributed by atoms with van der Waals surface area (Å²) in [5.74, 6) is -0.833. The van der Waals surface area contributed by atoms with E-state index in [-0.39, 0.29) is 6.42 Å². The van der Waals surface area contributed by atoms with E-state index in [4.69, 9.17) is 9.84 Å². The highest BCUT2D eigenvalue weighted by molar-refractivity contribution is 9.09. The van der Waals surface area contributed by atoms with Crippen LogP contribution < -0.4 is 4.74 Å². The second kappa shape index (κ2) is 8.23. The molecule has 0 aliphatic heterocycles. The van der Waals surface area contributed by atoms with E-state index < -0.39 is 24.9 Å². The van der Waals surface area contributed by atoms with E-state index in [0.717, 1.165) is 0 Å². The van der Waals surface area contributed by atoms with Gasteiger partial charge in [0.05, 0.1) is 6.61 Å². The Balaban J connectivity index is 2.60. The molecule has 0 aliphatic rings. The second-order valence-electron chi connectivity index (χ2n) is 4.14. The molecular formula is C13H14BrF3O4. The van der Waals surface area contributed by atoms with Gasteiger partial charge in [0.15, 0.2) is 6.10 Å². The van der Waals surface area contributed by atoms with Gasteiger partial charge in [-0.1, -0.05) is 28.1 Å². The van der Waals surface area contributed by atoms with Crippen molar-refractivity contribution < 1.29 is 32.5 Å². The number of rotatable bonds is 8. The van der Waals surface area contributed by atoms with Crippen molar-refractivity contribution in [2.45, 2.75) is 18.7 Å². The predicted octanol–water partition coefficient (Wildman–Crippen LogP) is 3.03. The predicted molar refractivity (Wildman–Crippen MR) is 72.9 cm³/mol. The van der Waals surface area contributed by atoms with Crippen molar-refractivity contribution in [3.63, 3.8) is 0 Å². The number of carboxylic acid groups (broad SMARTS) is 1. The summed E-state index contributed by atoms with van der Waals surface area (Å²) < 4.78 is 45.9. The van der Waals surface area contributed by atoms with Crippen LogP contribution in [0.5, 0.6) is 5.75 Å². The van der Waals surface area contributed by atoms with Crippen LogP contribution in [0.3, 0.4) is 0 Å². The second-order valence-corrected chi connectivity index (χ2v) is 4.93. The topological polar surface area (TPSA) is 55.8 Å². The average molecular weight is 371 g/mol. The largest absolute Gasteiger partial charge is 0.493 e. The van der Waals surface area contributed by atoms with E-state index in [1.54, 1.807) is 24.3 Å². The highest BCUT2D eigenvalue weighted by Crippen LogP contribution is 2.18. The maximum atomic E-state index is 12.1.